The lowest BCUT2D eigenvalue weighted by Crippen LogP contribution is -2.41. The Morgan fingerprint density at radius 3 is 2.35 bits per heavy atom. The quantitative estimate of drug-likeness (QED) is 0.652. The van der Waals surface area contributed by atoms with E-state index in [1.807, 2.05) is 6.92 Å². The van der Waals surface area contributed by atoms with E-state index in [9.17, 15) is 18.0 Å². The zero-order valence-electron chi connectivity index (χ0n) is 10.1. The largest absolute Gasteiger partial charge is 0.480 e. The molecule has 0 saturated carbocycles. The van der Waals surface area contributed by atoms with E-state index < -0.39 is 21.8 Å². The van der Waals surface area contributed by atoms with E-state index in [0.717, 1.165) is 12.7 Å². The predicted molar refractivity (Wildman–Crippen MR) is 63.4 cm³/mol. The van der Waals surface area contributed by atoms with Crippen molar-refractivity contribution < 1.29 is 23.1 Å². The fourth-order valence-electron chi connectivity index (χ4n) is 1.19. The summed E-state index contributed by atoms with van der Waals surface area (Å²) >= 11 is 0. The van der Waals surface area contributed by atoms with Gasteiger partial charge in [-0.25, -0.2) is 13.2 Å². The Kier molecular flexibility index (Phi) is 6.79. The van der Waals surface area contributed by atoms with Crippen molar-refractivity contribution in [2.24, 2.45) is 0 Å². The number of unbranched alkanes of at least 4 members (excludes halogenated alkanes) is 1. The molecule has 0 aliphatic rings. The van der Waals surface area contributed by atoms with E-state index in [2.05, 4.69) is 5.32 Å². The average molecular weight is 265 g/mol. The summed E-state index contributed by atoms with van der Waals surface area (Å²) in [4.78, 5) is 22.1. The van der Waals surface area contributed by atoms with Crippen molar-refractivity contribution in [1.29, 1.82) is 0 Å². The minimum absolute atomic E-state index is 0.105. The average Bonchev–Trinajstić information content (AvgIpc) is 2.19. The standard InChI is InChI=1S/C10H19NO5S/c1-3-4-5-9(12)11-8(10(13)14)6-7-17(2,15)16/h8H,3-7H2,1-2H3,(H,11,12)(H,13,14). The van der Waals surface area contributed by atoms with Crippen molar-refractivity contribution in [3.63, 3.8) is 0 Å². The lowest BCUT2D eigenvalue weighted by Gasteiger charge is -2.13. The number of hydrogen-bond donors (Lipinski definition) is 2. The molecular formula is C10H19NO5S. The van der Waals surface area contributed by atoms with Gasteiger partial charge in [-0.2, -0.15) is 0 Å². The Labute approximate surface area is 101 Å². The van der Waals surface area contributed by atoms with Crippen LogP contribution in [0.2, 0.25) is 0 Å². The number of rotatable bonds is 8. The smallest absolute Gasteiger partial charge is 0.326 e. The highest BCUT2D eigenvalue weighted by molar-refractivity contribution is 7.90. The maximum absolute atomic E-state index is 11.3. The third kappa shape index (κ3) is 8.67. The highest BCUT2D eigenvalue weighted by atomic mass is 32.2. The van der Waals surface area contributed by atoms with Crippen LogP contribution in [0.3, 0.4) is 0 Å². The molecule has 0 rings (SSSR count). The number of sulfone groups is 1. The molecule has 0 fully saturated rings. The van der Waals surface area contributed by atoms with Crippen LogP contribution in [0.5, 0.6) is 0 Å². The Morgan fingerprint density at radius 2 is 1.94 bits per heavy atom. The second-order valence-electron chi connectivity index (χ2n) is 3.98. The minimum atomic E-state index is -3.22. The molecule has 0 spiro atoms. The minimum Gasteiger partial charge on any atom is -0.480 e. The van der Waals surface area contributed by atoms with Crippen LogP contribution in [0, 0.1) is 0 Å². The summed E-state index contributed by atoms with van der Waals surface area (Å²) in [6, 6.07) is -1.13. The zero-order chi connectivity index (χ0) is 13.5. The van der Waals surface area contributed by atoms with Gasteiger partial charge >= 0.3 is 5.97 Å². The van der Waals surface area contributed by atoms with E-state index >= 15 is 0 Å². The summed E-state index contributed by atoms with van der Waals surface area (Å²) in [5.41, 5.74) is 0. The number of amides is 1. The van der Waals surface area contributed by atoms with E-state index in [1.54, 1.807) is 0 Å². The molecule has 17 heavy (non-hydrogen) atoms. The number of nitrogens with one attached hydrogen (secondary N) is 1. The number of carbonyl (C=O) groups excluding carboxylic acids is 1. The third-order valence-corrected chi connectivity index (χ3v) is 3.15. The van der Waals surface area contributed by atoms with Gasteiger partial charge in [-0.15, -0.1) is 0 Å². The van der Waals surface area contributed by atoms with E-state index in [-0.39, 0.29) is 24.5 Å². The van der Waals surface area contributed by atoms with E-state index in [4.69, 9.17) is 5.11 Å². The molecule has 1 amide bonds. The molecule has 0 aromatic heterocycles. The van der Waals surface area contributed by atoms with Gasteiger partial charge in [0.2, 0.25) is 5.91 Å². The van der Waals surface area contributed by atoms with Crippen LogP contribution >= 0.6 is 0 Å². The molecule has 7 heteroatoms. The summed E-state index contributed by atoms with van der Waals surface area (Å²) in [5.74, 6) is -1.82. The number of carboxylic acid groups (broad SMARTS) is 1. The SMILES string of the molecule is CCCCC(=O)NC(CCS(C)(=O)=O)C(=O)O. The van der Waals surface area contributed by atoms with Crippen LogP contribution in [0.1, 0.15) is 32.6 Å². The Hall–Kier alpha value is -1.11. The molecule has 0 aliphatic carbocycles. The molecule has 2 N–H and O–H groups in total. The monoisotopic (exact) mass is 265 g/mol. The van der Waals surface area contributed by atoms with Gasteiger partial charge in [0.1, 0.15) is 15.9 Å². The van der Waals surface area contributed by atoms with Crippen LogP contribution in [0.4, 0.5) is 0 Å². The molecule has 0 aromatic rings. The molecule has 0 aliphatic heterocycles. The molecule has 6 nitrogen and oxygen atoms in total. The summed E-state index contributed by atoms with van der Waals surface area (Å²) in [6.07, 6.45) is 2.72. The maximum atomic E-state index is 11.3. The first-order valence-electron chi connectivity index (χ1n) is 5.46. The molecule has 0 radical (unpaired) electrons. The number of hydrogen-bond acceptors (Lipinski definition) is 4. The van der Waals surface area contributed by atoms with Crippen molar-refractivity contribution in [1.82, 2.24) is 5.32 Å². The fourth-order valence-corrected chi connectivity index (χ4v) is 1.86. The Bertz CT molecular complexity index is 363. The second kappa shape index (κ2) is 7.26. The lowest BCUT2D eigenvalue weighted by molar-refractivity contribution is -0.141. The van der Waals surface area contributed by atoms with E-state index in [0.29, 0.717) is 6.42 Å². The van der Waals surface area contributed by atoms with Gasteiger partial charge in [0.25, 0.3) is 0 Å². The van der Waals surface area contributed by atoms with Gasteiger partial charge in [0, 0.05) is 12.7 Å². The second-order valence-corrected chi connectivity index (χ2v) is 6.24. The Balaban J connectivity index is 4.25. The molecule has 1 atom stereocenters. The topological polar surface area (TPSA) is 101 Å². The molecule has 0 aromatic carbocycles. The lowest BCUT2D eigenvalue weighted by atomic mass is 10.2. The van der Waals surface area contributed by atoms with Gasteiger partial charge in [-0.1, -0.05) is 13.3 Å². The van der Waals surface area contributed by atoms with Gasteiger partial charge in [0.15, 0.2) is 0 Å². The molecule has 0 bridgehead atoms. The summed E-state index contributed by atoms with van der Waals surface area (Å²) in [7, 11) is -3.22. The maximum Gasteiger partial charge on any atom is 0.326 e. The first-order valence-corrected chi connectivity index (χ1v) is 7.52. The molecule has 0 heterocycles. The summed E-state index contributed by atoms with van der Waals surface area (Å²) < 4.78 is 21.8. The van der Waals surface area contributed by atoms with Crippen LogP contribution in [-0.2, 0) is 19.4 Å². The van der Waals surface area contributed by atoms with E-state index in [1.165, 1.54) is 0 Å². The Morgan fingerprint density at radius 1 is 1.35 bits per heavy atom. The zero-order valence-corrected chi connectivity index (χ0v) is 10.9. The first kappa shape index (κ1) is 15.9. The third-order valence-electron chi connectivity index (χ3n) is 2.17. The molecule has 1 unspecified atom stereocenters. The van der Waals surface area contributed by atoms with Gasteiger partial charge in [0.05, 0.1) is 5.75 Å². The number of carboxylic acids is 1. The summed E-state index contributed by atoms with van der Waals surface area (Å²) in [5, 5.41) is 11.2. The molecule has 100 valence electrons. The molecule has 0 saturated heterocycles. The first-order chi connectivity index (χ1) is 7.76. The predicted octanol–water partition coefficient (Wildman–Crippen LogP) is 0.181. The van der Waals surface area contributed by atoms with Crippen LogP contribution < -0.4 is 5.32 Å². The summed E-state index contributed by atoms with van der Waals surface area (Å²) in [6.45, 7) is 1.92. The van der Waals surface area contributed by atoms with Crippen LogP contribution in [0.15, 0.2) is 0 Å². The normalized spacial score (nSPS) is 13.1. The fraction of sp³-hybridized carbons (Fsp3) is 0.800. The van der Waals surface area contributed by atoms with Crippen molar-refractivity contribution in [3.8, 4) is 0 Å². The highest BCUT2D eigenvalue weighted by Crippen LogP contribution is 2.00. The van der Waals surface area contributed by atoms with Gasteiger partial charge in [-0.05, 0) is 12.8 Å². The highest BCUT2D eigenvalue weighted by Gasteiger charge is 2.21. The van der Waals surface area contributed by atoms with Crippen molar-refractivity contribution in [2.75, 3.05) is 12.0 Å². The van der Waals surface area contributed by atoms with Crippen LogP contribution in [-0.4, -0.2) is 43.5 Å². The van der Waals surface area contributed by atoms with Crippen molar-refractivity contribution >= 4 is 21.7 Å². The molecular weight excluding hydrogens is 246 g/mol. The van der Waals surface area contributed by atoms with Crippen molar-refractivity contribution in [3.05, 3.63) is 0 Å². The van der Waals surface area contributed by atoms with Crippen LogP contribution in [0.25, 0.3) is 0 Å². The number of aliphatic carboxylic acids is 1. The number of carbonyl (C=O) groups is 2. The van der Waals surface area contributed by atoms with Gasteiger partial charge < -0.3 is 10.4 Å². The van der Waals surface area contributed by atoms with Crippen molar-refractivity contribution in [2.45, 2.75) is 38.6 Å². The van der Waals surface area contributed by atoms with Gasteiger partial charge in [-0.3, -0.25) is 4.79 Å².